The highest BCUT2D eigenvalue weighted by atomic mass is 16.5. The van der Waals surface area contributed by atoms with Crippen LogP contribution in [0.1, 0.15) is 20.3 Å². The Kier molecular flexibility index (Phi) is 5.30. The van der Waals surface area contributed by atoms with Gasteiger partial charge in [-0.15, -0.1) is 12.3 Å². The van der Waals surface area contributed by atoms with Gasteiger partial charge in [-0.2, -0.15) is 0 Å². The molecule has 4 nitrogen and oxygen atoms in total. The fourth-order valence-corrected chi connectivity index (χ4v) is 1.74. The van der Waals surface area contributed by atoms with Crippen molar-refractivity contribution in [3.8, 4) is 12.3 Å². The minimum absolute atomic E-state index is 0.0340. The van der Waals surface area contributed by atoms with Crippen LogP contribution >= 0.6 is 0 Å². The van der Waals surface area contributed by atoms with Crippen molar-refractivity contribution in [3.05, 3.63) is 0 Å². The lowest BCUT2D eigenvalue weighted by atomic mass is 10.2. The van der Waals surface area contributed by atoms with Crippen LogP contribution in [0.4, 0.5) is 0 Å². The standard InChI is InChI=1S/C12H20N2O2/c1-4-5-6-14-7-8-16-9-11(14)12(15)13-10(2)3/h1,10-11H,5-9H2,2-3H3,(H,13,15). The van der Waals surface area contributed by atoms with Gasteiger partial charge in [-0.25, -0.2) is 0 Å². The van der Waals surface area contributed by atoms with Gasteiger partial charge in [-0.3, -0.25) is 9.69 Å². The van der Waals surface area contributed by atoms with Crippen LogP contribution in [0.2, 0.25) is 0 Å². The maximum absolute atomic E-state index is 11.9. The van der Waals surface area contributed by atoms with E-state index in [9.17, 15) is 4.79 Å². The third kappa shape index (κ3) is 3.84. The molecule has 1 amide bonds. The molecule has 1 rings (SSSR count). The number of hydrogen-bond acceptors (Lipinski definition) is 3. The zero-order chi connectivity index (χ0) is 12.0. The molecular weight excluding hydrogens is 204 g/mol. The Morgan fingerprint density at radius 2 is 2.44 bits per heavy atom. The van der Waals surface area contributed by atoms with Crippen molar-refractivity contribution >= 4 is 5.91 Å². The summed E-state index contributed by atoms with van der Waals surface area (Å²) in [4.78, 5) is 14.0. The molecule has 0 spiro atoms. The second kappa shape index (κ2) is 6.51. The molecule has 0 saturated carbocycles. The van der Waals surface area contributed by atoms with E-state index in [1.165, 1.54) is 0 Å². The topological polar surface area (TPSA) is 41.6 Å². The first-order valence-electron chi connectivity index (χ1n) is 5.70. The predicted molar refractivity (Wildman–Crippen MR) is 62.9 cm³/mol. The first kappa shape index (κ1) is 13.0. The second-order valence-electron chi connectivity index (χ2n) is 4.24. The molecule has 1 aliphatic rings. The lowest BCUT2D eigenvalue weighted by Gasteiger charge is -2.34. The van der Waals surface area contributed by atoms with Crippen LogP contribution in [0.15, 0.2) is 0 Å². The Bertz CT molecular complexity index is 271. The highest BCUT2D eigenvalue weighted by Gasteiger charge is 2.28. The largest absolute Gasteiger partial charge is 0.378 e. The highest BCUT2D eigenvalue weighted by Crippen LogP contribution is 2.08. The van der Waals surface area contributed by atoms with E-state index in [2.05, 4.69) is 16.1 Å². The molecule has 1 fully saturated rings. The summed E-state index contributed by atoms with van der Waals surface area (Å²) >= 11 is 0. The Morgan fingerprint density at radius 3 is 3.06 bits per heavy atom. The quantitative estimate of drug-likeness (QED) is 0.695. The average Bonchev–Trinajstić information content (AvgIpc) is 2.25. The minimum Gasteiger partial charge on any atom is -0.378 e. The smallest absolute Gasteiger partial charge is 0.239 e. The third-order valence-corrected chi connectivity index (χ3v) is 2.52. The van der Waals surface area contributed by atoms with E-state index in [-0.39, 0.29) is 18.0 Å². The van der Waals surface area contributed by atoms with E-state index in [0.29, 0.717) is 19.6 Å². The fourth-order valence-electron chi connectivity index (χ4n) is 1.74. The van der Waals surface area contributed by atoms with Gasteiger partial charge in [-0.1, -0.05) is 0 Å². The maximum Gasteiger partial charge on any atom is 0.239 e. The van der Waals surface area contributed by atoms with E-state index in [1.54, 1.807) is 0 Å². The monoisotopic (exact) mass is 224 g/mol. The molecule has 90 valence electrons. The number of rotatable bonds is 4. The van der Waals surface area contributed by atoms with Crippen LogP contribution < -0.4 is 5.32 Å². The van der Waals surface area contributed by atoms with Gasteiger partial charge in [0, 0.05) is 25.6 Å². The van der Waals surface area contributed by atoms with E-state index >= 15 is 0 Å². The third-order valence-electron chi connectivity index (χ3n) is 2.52. The van der Waals surface area contributed by atoms with Gasteiger partial charge in [-0.05, 0) is 13.8 Å². The molecule has 1 aliphatic heterocycles. The number of nitrogens with zero attached hydrogens (tertiary/aromatic N) is 1. The molecular formula is C12H20N2O2. The predicted octanol–water partition coefficient (Wildman–Crippen LogP) is 0.235. The highest BCUT2D eigenvalue weighted by molar-refractivity contribution is 5.82. The Labute approximate surface area is 97.3 Å². The summed E-state index contributed by atoms with van der Waals surface area (Å²) in [6.07, 6.45) is 5.91. The number of hydrogen-bond donors (Lipinski definition) is 1. The van der Waals surface area contributed by atoms with Crippen LogP contribution in [0.25, 0.3) is 0 Å². The number of amides is 1. The van der Waals surface area contributed by atoms with Gasteiger partial charge in [0.15, 0.2) is 0 Å². The Hall–Kier alpha value is -1.05. The number of carbonyl (C=O) groups is 1. The van der Waals surface area contributed by atoms with E-state index in [4.69, 9.17) is 11.2 Å². The molecule has 1 atom stereocenters. The molecule has 1 unspecified atom stereocenters. The number of morpholine rings is 1. The molecule has 16 heavy (non-hydrogen) atoms. The molecule has 1 saturated heterocycles. The van der Waals surface area contributed by atoms with Crippen molar-refractivity contribution in [1.29, 1.82) is 0 Å². The summed E-state index contributed by atoms with van der Waals surface area (Å²) in [5, 5.41) is 2.91. The fraction of sp³-hybridized carbons (Fsp3) is 0.750. The SMILES string of the molecule is C#CCCN1CCOCC1C(=O)NC(C)C. The maximum atomic E-state index is 11.9. The van der Waals surface area contributed by atoms with Gasteiger partial charge in [0.25, 0.3) is 0 Å². The van der Waals surface area contributed by atoms with Gasteiger partial charge >= 0.3 is 0 Å². The summed E-state index contributed by atoms with van der Waals surface area (Å²) in [7, 11) is 0. The van der Waals surface area contributed by atoms with Crippen molar-refractivity contribution < 1.29 is 9.53 Å². The van der Waals surface area contributed by atoms with Gasteiger partial charge in [0.05, 0.1) is 13.2 Å². The van der Waals surface area contributed by atoms with Crippen molar-refractivity contribution in [2.24, 2.45) is 0 Å². The Morgan fingerprint density at radius 1 is 1.69 bits per heavy atom. The first-order chi connectivity index (χ1) is 7.65. The van der Waals surface area contributed by atoms with E-state index in [1.807, 2.05) is 13.8 Å². The molecule has 0 aromatic carbocycles. The lowest BCUT2D eigenvalue weighted by molar-refractivity contribution is -0.132. The molecule has 0 aliphatic carbocycles. The molecule has 0 aromatic heterocycles. The molecule has 1 heterocycles. The number of ether oxygens (including phenoxy) is 1. The zero-order valence-corrected chi connectivity index (χ0v) is 10.0. The number of carbonyl (C=O) groups excluding carboxylic acids is 1. The summed E-state index contributed by atoms with van der Waals surface area (Å²) in [5.41, 5.74) is 0. The minimum atomic E-state index is -0.190. The zero-order valence-electron chi connectivity index (χ0n) is 10.0. The van der Waals surface area contributed by atoms with Crippen molar-refractivity contribution in [3.63, 3.8) is 0 Å². The van der Waals surface area contributed by atoms with Gasteiger partial charge in [0.1, 0.15) is 6.04 Å². The van der Waals surface area contributed by atoms with Crippen LogP contribution in [0.5, 0.6) is 0 Å². The summed E-state index contributed by atoms with van der Waals surface area (Å²) < 4.78 is 5.34. The average molecular weight is 224 g/mol. The molecule has 1 N–H and O–H groups in total. The van der Waals surface area contributed by atoms with Crippen LogP contribution in [-0.4, -0.2) is 49.2 Å². The number of nitrogens with one attached hydrogen (secondary N) is 1. The first-order valence-corrected chi connectivity index (χ1v) is 5.70. The summed E-state index contributed by atoms with van der Waals surface area (Å²) in [6.45, 7) is 6.58. The summed E-state index contributed by atoms with van der Waals surface area (Å²) in [6, 6.07) is -0.0339. The van der Waals surface area contributed by atoms with Gasteiger partial charge in [0.2, 0.25) is 5.91 Å². The van der Waals surface area contributed by atoms with Crippen molar-refractivity contribution in [2.45, 2.75) is 32.4 Å². The van der Waals surface area contributed by atoms with Crippen LogP contribution in [0, 0.1) is 12.3 Å². The molecule has 0 radical (unpaired) electrons. The molecule has 0 bridgehead atoms. The van der Waals surface area contributed by atoms with Crippen LogP contribution in [-0.2, 0) is 9.53 Å². The van der Waals surface area contributed by atoms with Crippen LogP contribution in [0.3, 0.4) is 0 Å². The lowest BCUT2D eigenvalue weighted by Crippen LogP contribution is -2.54. The Balaban J connectivity index is 2.52. The molecule has 4 heteroatoms. The van der Waals surface area contributed by atoms with E-state index in [0.717, 1.165) is 13.1 Å². The normalized spacial score (nSPS) is 21.8. The summed E-state index contributed by atoms with van der Waals surface area (Å²) in [5.74, 6) is 2.64. The van der Waals surface area contributed by atoms with Crippen molar-refractivity contribution in [1.82, 2.24) is 10.2 Å². The van der Waals surface area contributed by atoms with E-state index < -0.39 is 0 Å². The second-order valence-corrected chi connectivity index (χ2v) is 4.24. The number of terminal acetylenes is 1. The van der Waals surface area contributed by atoms with Gasteiger partial charge < -0.3 is 10.1 Å². The van der Waals surface area contributed by atoms with Crippen molar-refractivity contribution in [2.75, 3.05) is 26.3 Å². The molecule has 0 aromatic rings.